The lowest BCUT2D eigenvalue weighted by Gasteiger charge is -2.24. The number of rotatable bonds is 10. The van der Waals surface area contributed by atoms with Crippen molar-refractivity contribution in [3.63, 3.8) is 0 Å². The zero-order chi connectivity index (χ0) is 27.9. The number of hydrogen-bond acceptors (Lipinski definition) is 6. The van der Waals surface area contributed by atoms with Crippen LogP contribution in [-0.4, -0.2) is 64.0 Å². The molecule has 9 nitrogen and oxygen atoms in total. The van der Waals surface area contributed by atoms with Gasteiger partial charge in [0.1, 0.15) is 5.01 Å². The van der Waals surface area contributed by atoms with Gasteiger partial charge in [0.05, 0.1) is 18.9 Å². The molecule has 2 atom stereocenters. The average Bonchev–Trinajstić information content (AvgIpc) is 3.57. The second kappa shape index (κ2) is 12.9. The SMILES string of the molecule is CCN(C)C1CC(c2ncc(CCC(=O)O)s2)N(C(=O)Cc2ccc(NC(=O)Nc3ccccc3C)cc2)C1. The summed E-state index contributed by atoms with van der Waals surface area (Å²) in [7, 11) is 2.07. The van der Waals surface area contributed by atoms with E-state index in [1.54, 1.807) is 18.3 Å². The molecule has 0 radical (unpaired) electrons. The summed E-state index contributed by atoms with van der Waals surface area (Å²) < 4.78 is 0. The molecule has 0 bridgehead atoms. The van der Waals surface area contributed by atoms with Crippen LogP contribution in [0.1, 0.15) is 46.8 Å². The molecule has 0 spiro atoms. The number of carboxylic acid groups (broad SMARTS) is 1. The van der Waals surface area contributed by atoms with Gasteiger partial charge < -0.3 is 25.5 Å². The Labute approximate surface area is 232 Å². The maximum atomic E-state index is 13.5. The number of thiazole rings is 1. The van der Waals surface area contributed by atoms with Crippen LogP contribution in [0.15, 0.2) is 54.7 Å². The minimum atomic E-state index is -0.833. The number of urea groups is 1. The molecule has 1 aromatic heterocycles. The van der Waals surface area contributed by atoms with Gasteiger partial charge in [-0.05, 0) is 62.7 Å². The van der Waals surface area contributed by atoms with Crippen LogP contribution < -0.4 is 10.6 Å². The van der Waals surface area contributed by atoms with E-state index in [2.05, 4.69) is 34.5 Å². The summed E-state index contributed by atoms with van der Waals surface area (Å²) in [5.74, 6) is -0.812. The second-order valence-electron chi connectivity index (χ2n) is 9.85. The molecule has 4 rings (SSSR count). The van der Waals surface area contributed by atoms with Crippen molar-refractivity contribution in [2.75, 3.05) is 30.8 Å². The number of likely N-dealkylation sites (N-methyl/N-ethyl adjacent to an activating group) is 1. The summed E-state index contributed by atoms with van der Waals surface area (Å²) in [6.07, 6.45) is 3.28. The van der Waals surface area contributed by atoms with Crippen LogP contribution in [-0.2, 0) is 22.4 Å². The van der Waals surface area contributed by atoms with E-state index >= 15 is 0 Å². The summed E-state index contributed by atoms with van der Waals surface area (Å²) in [4.78, 5) is 46.5. The van der Waals surface area contributed by atoms with Crippen LogP contribution in [0.25, 0.3) is 0 Å². The summed E-state index contributed by atoms with van der Waals surface area (Å²) in [5, 5.41) is 15.5. The third-order valence-corrected chi connectivity index (χ3v) is 8.28. The zero-order valence-electron chi connectivity index (χ0n) is 22.5. The molecule has 1 aliphatic heterocycles. The van der Waals surface area contributed by atoms with Gasteiger partial charge in [-0.25, -0.2) is 9.78 Å². The Morgan fingerprint density at radius 1 is 1.13 bits per heavy atom. The van der Waals surface area contributed by atoms with E-state index in [1.807, 2.05) is 48.2 Å². The Bertz CT molecular complexity index is 1310. The highest BCUT2D eigenvalue weighted by Crippen LogP contribution is 2.37. The fourth-order valence-electron chi connectivity index (χ4n) is 4.70. The normalized spacial score (nSPS) is 16.9. The number of para-hydroxylation sites is 1. The van der Waals surface area contributed by atoms with Crippen molar-refractivity contribution in [3.05, 3.63) is 75.7 Å². The highest BCUT2D eigenvalue weighted by atomic mass is 32.1. The summed E-state index contributed by atoms with van der Waals surface area (Å²) in [6.45, 7) is 5.54. The van der Waals surface area contributed by atoms with Crippen LogP contribution in [0.2, 0.25) is 0 Å². The van der Waals surface area contributed by atoms with Gasteiger partial charge >= 0.3 is 12.0 Å². The molecular weight excluding hydrogens is 514 g/mol. The first-order valence-electron chi connectivity index (χ1n) is 13.1. The van der Waals surface area contributed by atoms with Crippen molar-refractivity contribution in [2.24, 2.45) is 0 Å². The maximum absolute atomic E-state index is 13.5. The largest absolute Gasteiger partial charge is 0.481 e. The number of amides is 3. The molecule has 1 fully saturated rings. The van der Waals surface area contributed by atoms with E-state index in [1.165, 1.54) is 11.3 Å². The van der Waals surface area contributed by atoms with Gasteiger partial charge in [-0.1, -0.05) is 37.3 Å². The molecule has 1 saturated heterocycles. The lowest BCUT2D eigenvalue weighted by molar-refractivity contribution is -0.137. The van der Waals surface area contributed by atoms with Gasteiger partial charge in [0.15, 0.2) is 0 Å². The number of nitrogens with zero attached hydrogens (tertiary/aromatic N) is 3. The van der Waals surface area contributed by atoms with Gasteiger partial charge in [0, 0.05) is 35.0 Å². The third-order valence-electron chi connectivity index (χ3n) is 7.12. The van der Waals surface area contributed by atoms with Crippen LogP contribution >= 0.6 is 11.3 Å². The first-order valence-corrected chi connectivity index (χ1v) is 13.9. The van der Waals surface area contributed by atoms with E-state index < -0.39 is 5.97 Å². The summed E-state index contributed by atoms with van der Waals surface area (Å²) in [6, 6.07) is 14.6. The third kappa shape index (κ3) is 7.42. The number of carbonyl (C=O) groups is 3. The fourth-order valence-corrected chi connectivity index (χ4v) is 5.75. The van der Waals surface area contributed by atoms with Crippen molar-refractivity contribution < 1.29 is 19.5 Å². The highest BCUT2D eigenvalue weighted by molar-refractivity contribution is 7.11. The van der Waals surface area contributed by atoms with Crippen molar-refractivity contribution in [3.8, 4) is 0 Å². The molecular formula is C29H35N5O4S. The molecule has 10 heteroatoms. The predicted molar refractivity (Wildman–Crippen MR) is 153 cm³/mol. The molecule has 3 aromatic rings. The van der Waals surface area contributed by atoms with E-state index in [9.17, 15) is 14.4 Å². The minimum Gasteiger partial charge on any atom is -0.481 e. The lowest BCUT2D eigenvalue weighted by Crippen LogP contribution is -2.37. The molecule has 3 N–H and O–H groups in total. The first kappa shape index (κ1) is 28.3. The van der Waals surface area contributed by atoms with E-state index in [4.69, 9.17) is 5.11 Å². The molecule has 2 aromatic carbocycles. The van der Waals surface area contributed by atoms with Crippen LogP contribution in [0.4, 0.5) is 16.2 Å². The Balaban J connectivity index is 1.40. The number of hydrogen-bond donors (Lipinski definition) is 3. The van der Waals surface area contributed by atoms with E-state index in [0.717, 1.165) is 39.7 Å². The number of nitrogens with one attached hydrogen (secondary N) is 2. The van der Waals surface area contributed by atoms with Gasteiger partial charge in [0.2, 0.25) is 5.91 Å². The number of anilines is 2. The monoisotopic (exact) mass is 549 g/mol. The molecule has 206 valence electrons. The Hall–Kier alpha value is -3.76. The average molecular weight is 550 g/mol. The van der Waals surface area contributed by atoms with Crippen LogP contribution in [0.5, 0.6) is 0 Å². The van der Waals surface area contributed by atoms with Crippen molar-refractivity contribution in [1.29, 1.82) is 0 Å². The van der Waals surface area contributed by atoms with Crippen LogP contribution in [0.3, 0.4) is 0 Å². The standard InChI is InChI=1S/C29H35N5O4S/c1-4-33(3)22-16-25(28-30-17-23(39-28)13-14-27(36)37)34(18-22)26(35)15-20-9-11-21(12-10-20)31-29(38)32-24-8-6-5-7-19(24)2/h5-12,17,22,25H,4,13-16,18H2,1-3H3,(H,36,37)(H2,31,32,38). The number of aryl methyl sites for hydroxylation is 2. The Morgan fingerprint density at radius 2 is 1.87 bits per heavy atom. The molecule has 0 saturated carbocycles. The highest BCUT2D eigenvalue weighted by Gasteiger charge is 2.39. The quantitative estimate of drug-likeness (QED) is 0.330. The molecule has 1 aliphatic rings. The molecule has 0 aliphatic carbocycles. The maximum Gasteiger partial charge on any atom is 0.323 e. The fraction of sp³-hybridized carbons (Fsp3) is 0.379. The lowest BCUT2D eigenvalue weighted by atomic mass is 10.1. The van der Waals surface area contributed by atoms with Gasteiger partial charge in [0.25, 0.3) is 0 Å². The van der Waals surface area contributed by atoms with Crippen molar-refractivity contribution >= 4 is 40.6 Å². The molecule has 2 heterocycles. The van der Waals surface area contributed by atoms with E-state index in [0.29, 0.717) is 18.7 Å². The van der Waals surface area contributed by atoms with Crippen molar-refractivity contribution in [1.82, 2.24) is 14.8 Å². The van der Waals surface area contributed by atoms with Gasteiger partial charge in [-0.15, -0.1) is 11.3 Å². The molecule has 3 amide bonds. The first-order chi connectivity index (χ1) is 18.7. The Kier molecular flexibility index (Phi) is 9.32. The number of carboxylic acids is 1. The minimum absolute atomic E-state index is 0.0206. The molecule has 39 heavy (non-hydrogen) atoms. The van der Waals surface area contributed by atoms with Crippen LogP contribution in [0, 0.1) is 6.92 Å². The topological polar surface area (TPSA) is 115 Å². The number of carbonyl (C=O) groups excluding carboxylic acids is 2. The van der Waals surface area contributed by atoms with Gasteiger partial charge in [-0.2, -0.15) is 0 Å². The number of aromatic nitrogens is 1. The zero-order valence-corrected chi connectivity index (χ0v) is 23.3. The summed E-state index contributed by atoms with van der Waals surface area (Å²) >= 11 is 1.50. The van der Waals surface area contributed by atoms with E-state index in [-0.39, 0.29) is 36.9 Å². The number of benzene rings is 2. The Morgan fingerprint density at radius 3 is 2.56 bits per heavy atom. The number of aliphatic carboxylic acids is 1. The number of likely N-dealkylation sites (tertiary alicyclic amines) is 1. The van der Waals surface area contributed by atoms with Crippen molar-refractivity contribution in [2.45, 2.75) is 51.6 Å². The summed E-state index contributed by atoms with van der Waals surface area (Å²) in [5.41, 5.74) is 3.22. The molecule has 2 unspecified atom stereocenters. The van der Waals surface area contributed by atoms with Gasteiger partial charge in [-0.3, -0.25) is 9.59 Å². The smallest absolute Gasteiger partial charge is 0.323 e. The second-order valence-corrected chi connectivity index (χ2v) is 11.0. The predicted octanol–water partition coefficient (Wildman–Crippen LogP) is 4.95.